The number of hydrogen-bond donors (Lipinski definition) is 1. The van der Waals surface area contributed by atoms with Crippen LogP contribution in [0, 0.1) is 0 Å². The molecule has 0 bridgehead atoms. The van der Waals surface area contributed by atoms with Crippen LogP contribution < -0.4 is 5.32 Å². The van der Waals surface area contributed by atoms with E-state index in [2.05, 4.69) is 34.5 Å². The molecule has 1 aliphatic rings. The van der Waals surface area contributed by atoms with E-state index in [0.717, 1.165) is 12.1 Å². The second-order valence-corrected chi connectivity index (χ2v) is 5.57. The Morgan fingerprint density at radius 2 is 1.81 bits per heavy atom. The van der Waals surface area contributed by atoms with Gasteiger partial charge < -0.3 is 10.1 Å². The summed E-state index contributed by atoms with van der Waals surface area (Å²) in [7, 11) is 0. The van der Waals surface area contributed by atoms with Gasteiger partial charge in [-0.3, -0.25) is 9.69 Å². The van der Waals surface area contributed by atoms with Gasteiger partial charge >= 0.3 is 0 Å². The Labute approximate surface area is 127 Å². The van der Waals surface area contributed by atoms with Gasteiger partial charge in [0.15, 0.2) is 0 Å². The van der Waals surface area contributed by atoms with Crippen molar-refractivity contribution < 1.29 is 9.53 Å². The molecule has 1 heterocycles. The van der Waals surface area contributed by atoms with Gasteiger partial charge in [-0.2, -0.15) is 0 Å². The number of ether oxygens (including phenoxy) is 1. The number of nitrogens with one attached hydrogen (secondary N) is 1. The van der Waals surface area contributed by atoms with E-state index in [4.69, 9.17) is 4.74 Å². The summed E-state index contributed by atoms with van der Waals surface area (Å²) in [6.07, 6.45) is 4.02. The zero-order valence-electron chi connectivity index (χ0n) is 12.9. The van der Waals surface area contributed by atoms with E-state index in [-0.39, 0.29) is 12.5 Å². The number of piperidine rings is 1. The highest BCUT2D eigenvalue weighted by atomic mass is 16.5. The molecule has 1 saturated heterocycles. The van der Waals surface area contributed by atoms with Crippen molar-refractivity contribution in [3.8, 4) is 0 Å². The number of benzene rings is 1. The van der Waals surface area contributed by atoms with Crippen molar-refractivity contribution >= 4 is 5.91 Å². The molecule has 0 aromatic heterocycles. The largest absolute Gasteiger partial charge is 0.372 e. The van der Waals surface area contributed by atoms with E-state index in [1.807, 2.05) is 6.92 Å². The molecule has 1 aromatic rings. The summed E-state index contributed by atoms with van der Waals surface area (Å²) in [4.78, 5) is 14.0. The molecular weight excluding hydrogens is 264 g/mol. The Kier molecular flexibility index (Phi) is 6.70. The highest BCUT2D eigenvalue weighted by molar-refractivity contribution is 5.77. The first-order valence-corrected chi connectivity index (χ1v) is 7.92. The smallest absolute Gasteiger partial charge is 0.246 e. The van der Waals surface area contributed by atoms with E-state index < -0.39 is 0 Å². The second-order valence-electron chi connectivity index (χ2n) is 5.57. The zero-order valence-corrected chi connectivity index (χ0v) is 12.9. The number of nitrogens with zero attached hydrogens (tertiary/aromatic N) is 1. The molecule has 0 unspecified atom stereocenters. The summed E-state index contributed by atoms with van der Waals surface area (Å²) in [6, 6.07) is 8.53. The number of hydrogen-bond acceptors (Lipinski definition) is 3. The van der Waals surface area contributed by atoms with Gasteiger partial charge in [0.1, 0.15) is 6.61 Å². The number of carbonyl (C=O) groups is 1. The van der Waals surface area contributed by atoms with Crippen LogP contribution in [0.25, 0.3) is 0 Å². The summed E-state index contributed by atoms with van der Waals surface area (Å²) in [5, 5.41) is 2.86. The molecular formula is C17H26N2O2. The molecule has 1 aromatic carbocycles. The Bertz CT molecular complexity index is 425. The molecule has 0 saturated carbocycles. The predicted molar refractivity (Wildman–Crippen MR) is 83.9 cm³/mol. The van der Waals surface area contributed by atoms with Crippen LogP contribution in [-0.4, -0.2) is 37.1 Å². The van der Waals surface area contributed by atoms with Crippen molar-refractivity contribution in [2.45, 2.75) is 39.3 Å². The maximum absolute atomic E-state index is 11.5. The minimum Gasteiger partial charge on any atom is -0.372 e. The van der Waals surface area contributed by atoms with Crippen LogP contribution in [0.15, 0.2) is 24.3 Å². The van der Waals surface area contributed by atoms with Gasteiger partial charge in [0, 0.05) is 19.7 Å². The number of amides is 1. The molecule has 1 fully saturated rings. The lowest BCUT2D eigenvalue weighted by Gasteiger charge is -2.26. The fraction of sp³-hybridized carbons (Fsp3) is 0.588. The van der Waals surface area contributed by atoms with Gasteiger partial charge in [0.05, 0.1) is 0 Å². The maximum atomic E-state index is 11.5. The van der Waals surface area contributed by atoms with Crippen molar-refractivity contribution in [1.82, 2.24) is 10.2 Å². The molecule has 21 heavy (non-hydrogen) atoms. The monoisotopic (exact) mass is 290 g/mol. The van der Waals surface area contributed by atoms with Gasteiger partial charge in [0.2, 0.25) is 5.91 Å². The van der Waals surface area contributed by atoms with Gasteiger partial charge in [-0.25, -0.2) is 0 Å². The van der Waals surface area contributed by atoms with E-state index in [9.17, 15) is 4.79 Å². The summed E-state index contributed by atoms with van der Waals surface area (Å²) in [5.74, 6) is -0.0609. The van der Waals surface area contributed by atoms with Crippen LogP contribution in [0.2, 0.25) is 0 Å². The summed E-state index contributed by atoms with van der Waals surface area (Å²) in [6.45, 7) is 6.63. The van der Waals surface area contributed by atoms with Crippen LogP contribution in [-0.2, 0) is 22.6 Å². The third kappa shape index (κ3) is 5.86. The normalized spacial score (nSPS) is 15.9. The van der Waals surface area contributed by atoms with Crippen LogP contribution in [0.5, 0.6) is 0 Å². The first kappa shape index (κ1) is 16.0. The molecule has 1 aliphatic heterocycles. The van der Waals surface area contributed by atoms with Crippen LogP contribution in [0.3, 0.4) is 0 Å². The van der Waals surface area contributed by atoms with Gasteiger partial charge in [-0.1, -0.05) is 30.7 Å². The third-order valence-corrected chi connectivity index (χ3v) is 3.80. The quantitative estimate of drug-likeness (QED) is 0.838. The third-order valence-electron chi connectivity index (χ3n) is 3.80. The Morgan fingerprint density at radius 1 is 1.14 bits per heavy atom. The first-order chi connectivity index (χ1) is 10.3. The van der Waals surface area contributed by atoms with Crippen LogP contribution in [0.1, 0.15) is 37.3 Å². The molecule has 1 amide bonds. The standard InChI is InChI=1S/C17H26N2O2/c1-2-21-14-17(20)18-12-15-6-8-16(9-7-15)13-19-10-4-3-5-11-19/h6-9H,2-5,10-14H2,1H3,(H,18,20). The average molecular weight is 290 g/mol. The summed E-state index contributed by atoms with van der Waals surface area (Å²) < 4.78 is 5.07. The minimum absolute atomic E-state index is 0.0609. The minimum atomic E-state index is -0.0609. The summed E-state index contributed by atoms with van der Waals surface area (Å²) in [5.41, 5.74) is 2.48. The molecule has 0 atom stereocenters. The molecule has 2 rings (SSSR count). The maximum Gasteiger partial charge on any atom is 0.246 e. The topological polar surface area (TPSA) is 41.6 Å². The Morgan fingerprint density at radius 3 is 2.48 bits per heavy atom. The van der Waals surface area contributed by atoms with E-state index in [1.165, 1.54) is 37.9 Å². The van der Waals surface area contributed by atoms with Crippen molar-refractivity contribution in [2.75, 3.05) is 26.3 Å². The molecule has 0 aliphatic carbocycles. The van der Waals surface area contributed by atoms with Gasteiger partial charge in [0.25, 0.3) is 0 Å². The highest BCUT2D eigenvalue weighted by Crippen LogP contribution is 2.13. The van der Waals surface area contributed by atoms with Crippen molar-refractivity contribution in [2.24, 2.45) is 0 Å². The second kappa shape index (κ2) is 8.80. The average Bonchev–Trinajstić information content (AvgIpc) is 2.53. The molecule has 116 valence electrons. The highest BCUT2D eigenvalue weighted by Gasteiger charge is 2.10. The molecule has 1 N–H and O–H groups in total. The summed E-state index contributed by atoms with van der Waals surface area (Å²) >= 11 is 0. The number of rotatable bonds is 7. The van der Waals surface area contributed by atoms with Crippen LogP contribution >= 0.6 is 0 Å². The molecule has 4 heteroatoms. The van der Waals surface area contributed by atoms with Gasteiger partial charge in [-0.05, 0) is 44.0 Å². The number of carbonyl (C=O) groups excluding carboxylic acids is 1. The number of likely N-dealkylation sites (tertiary alicyclic amines) is 1. The van der Waals surface area contributed by atoms with Crippen molar-refractivity contribution in [3.63, 3.8) is 0 Å². The van der Waals surface area contributed by atoms with Crippen molar-refractivity contribution in [1.29, 1.82) is 0 Å². The molecule has 0 spiro atoms. The Balaban J connectivity index is 1.74. The van der Waals surface area contributed by atoms with E-state index >= 15 is 0 Å². The Hall–Kier alpha value is -1.39. The lowest BCUT2D eigenvalue weighted by molar-refractivity contribution is -0.125. The zero-order chi connectivity index (χ0) is 14.9. The molecule has 0 radical (unpaired) electrons. The van der Waals surface area contributed by atoms with Crippen LogP contribution in [0.4, 0.5) is 0 Å². The first-order valence-electron chi connectivity index (χ1n) is 7.92. The van der Waals surface area contributed by atoms with Crippen molar-refractivity contribution in [3.05, 3.63) is 35.4 Å². The van der Waals surface area contributed by atoms with E-state index in [1.54, 1.807) is 0 Å². The fourth-order valence-corrected chi connectivity index (χ4v) is 2.58. The molecule has 4 nitrogen and oxygen atoms in total. The van der Waals surface area contributed by atoms with Gasteiger partial charge in [-0.15, -0.1) is 0 Å². The lowest BCUT2D eigenvalue weighted by atomic mass is 10.1. The predicted octanol–water partition coefficient (Wildman–Crippen LogP) is 2.33. The van der Waals surface area contributed by atoms with E-state index in [0.29, 0.717) is 13.2 Å². The lowest BCUT2D eigenvalue weighted by Crippen LogP contribution is -2.29. The SMILES string of the molecule is CCOCC(=O)NCc1ccc(CN2CCCCC2)cc1. The fourth-order valence-electron chi connectivity index (χ4n) is 2.58.